The second-order valence-corrected chi connectivity index (χ2v) is 6.58. The number of aromatic nitrogens is 1. The topological polar surface area (TPSA) is 58.4 Å². The minimum atomic E-state index is -0.0775. The molecule has 0 unspecified atom stereocenters. The Kier molecular flexibility index (Phi) is 3.18. The number of nitrogens with zero attached hydrogens (tertiary/aromatic N) is 2. The number of furan rings is 1. The summed E-state index contributed by atoms with van der Waals surface area (Å²) >= 11 is 0. The summed E-state index contributed by atoms with van der Waals surface area (Å²) in [6.45, 7) is 6.44. The SMILES string of the molecule is Cc1cc2cc(C(=O)N[C@@H]3C4CCN(CC4)[C@@H]3C)ncc2o1. The Balaban J connectivity index is 1.55. The number of nitrogens with one attached hydrogen (secondary N) is 1. The van der Waals surface area contributed by atoms with Crippen LogP contribution in [0.5, 0.6) is 0 Å². The van der Waals surface area contributed by atoms with Gasteiger partial charge in [0.15, 0.2) is 5.58 Å². The molecule has 5 nitrogen and oxygen atoms in total. The zero-order valence-electron chi connectivity index (χ0n) is 13.0. The molecule has 22 heavy (non-hydrogen) atoms. The molecule has 3 aliphatic heterocycles. The number of fused-ring (bicyclic) bond motifs is 4. The van der Waals surface area contributed by atoms with Gasteiger partial charge >= 0.3 is 0 Å². The second-order valence-electron chi connectivity index (χ2n) is 6.58. The first-order valence-corrected chi connectivity index (χ1v) is 8.03. The van der Waals surface area contributed by atoms with Crippen LogP contribution < -0.4 is 5.32 Å². The van der Waals surface area contributed by atoms with E-state index in [0.717, 1.165) is 29.8 Å². The van der Waals surface area contributed by atoms with Crippen molar-refractivity contribution in [3.63, 3.8) is 0 Å². The molecule has 3 saturated heterocycles. The van der Waals surface area contributed by atoms with Crippen LogP contribution in [-0.4, -0.2) is 41.0 Å². The van der Waals surface area contributed by atoms with Crippen LogP contribution in [0.1, 0.15) is 36.0 Å². The summed E-state index contributed by atoms with van der Waals surface area (Å²) in [6, 6.07) is 4.40. The predicted molar refractivity (Wildman–Crippen MR) is 83.8 cm³/mol. The van der Waals surface area contributed by atoms with Gasteiger partial charge in [-0.2, -0.15) is 0 Å². The number of rotatable bonds is 2. The van der Waals surface area contributed by atoms with E-state index in [2.05, 4.69) is 22.1 Å². The van der Waals surface area contributed by atoms with Gasteiger partial charge in [-0.15, -0.1) is 0 Å². The van der Waals surface area contributed by atoms with Crippen molar-refractivity contribution in [2.45, 2.75) is 38.8 Å². The molecule has 2 aromatic heterocycles. The first-order valence-electron chi connectivity index (χ1n) is 8.03. The van der Waals surface area contributed by atoms with Crippen LogP contribution in [0.3, 0.4) is 0 Å². The molecule has 5 heterocycles. The minimum Gasteiger partial charge on any atom is -0.460 e. The third-order valence-corrected chi connectivity index (χ3v) is 5.24. The third-order valence-electron chi connectivity index (χ3n) is 5.24. The van der Waals surface area contributed by atoms with Gasteiger partial charge in [-0.25, -0.2) is 4.98 Å². The summed E-state index contributed by atoms with van der Waals surface area (Å²) < 4.78 is 5.51. The molecular weight excluding hydrogens is 278 g/mol. The Bertz CT molecular complexity index is 714. The van der Waals surface area contributed by atoms with Crippen LogP contribution in [0.25, 0.3) is 11.0 Å². The van der Waals surface area contributed by atoms with Gasteiger partial charge < -0.3 is 9.73 Å². The fourth-order valence-corrected chi connectivity index (χ4v) is 3.97. The van der Waals surface area contributed by atoms with E-state index >= 15 is 0 Å². The van der Waals surface area contributed by atoms with Gasteiger partial charge in [0.1, 0.15) is 11.5 Å². The van der Waals surface area contributed by atoms with Crippen LogP contribution in [-0.2, 0) is 0 Å². The zero-order valence-corrected chi connectivity index (χ0v) is 13.0. The molecular formula is C17H21N3O2. The number of carbonyl (C=O) groups excluding carboxylic acids is 1. The van der Waals surface area contributed by atoms with Crippen molar-refractivity contribution in [2.75, 3.05) is 13.1 Å². The zero-order chi connectivity index (χ0) is 15.3. The molecule has 0 spiro atoms. The lowest BCUT2D eigenvalue weighted by Crippen LogP contribution is -2.62. The maximum absolute atomic E-state index is 12.6. The van der Waals surface area contributed by atoms with E-state index in [9.17, 15) is 4.79 Å². The van der Waals surface area contributed by atoms with Crippen molar-refractivity contribution in [3.8, 4) is 0 Å². The Morgan fingerprint density at radius 3 is 2.86 bits per heavy atom. The fraction of sp³-hybridized carbons (Fsp3) is 0.529. The van der Waals surface area contributed by atoms with Gasteiger partial charge in [0.2, 0.25) is 0 Å². The van der Waals surface area contributed by atoms with E-state index in [1.807, 2.05) is 19.1 Å². The Hall–Kier alpha value is -1.88. The molecule has 2 aromatic rings. The summed E-state index contributed by atoms with van der Waals surface area (Å²) in [7, 11) is 0. The number of hydrogen-bond acceptors (Lipinski definition) is 4. The van der Waals surface area contributed by atoms with Crippen LogP contribution in [0.2, 0.25) is 0 Å². The minimum absolute atomic E-state index is 0.0775. The van der Waals surface area contributed by atoms with Gasteiger partial charge in [0, 0.05) is 17.5 Å². The lowest BCUT2D eigenvalue weighted by Gasteiger charge is -2.49. The molecule has 0 radical (unpaired) electrons. The van der Waals surface area contributed by atoms with Gasteiger partial charge in [-0.3, -0.25) is 9.69 Å². The van der Waals surface area contributed by atoms with E-state index in [0.29, 0.717) is 17.7 Å². The molecule has 0 aliphatic carbocycles. The summed E-state index contributed by atoms with van der Waals surface area (Å²) in [5, 5.41) is 4.14. The smallest absolute Gasteiger partial charge is 0.270 e. The molecule has 1 N–H and O–H groups in total. The molecule has 0 saturated carbocycles. The van der Waals surface area contributed by atoms with E-state index in [1.165, 1.54) is 12.8 Å². The number of carbonyl (C=O) groups is 1. The average molecular weight is 299 g/mol. The van der Waals surface area contributed by atoms with Gasteiger partial charge in [0.05, 0.1) is 6.20 Å². The third kappa shape index (κ3) is 2.20. The molecule has 2 atom stereocenters. The monoisotopic (exact) mass is 299 g/mol. The van der Waals surface area contributed by atoms with Crippen molar-refractivity contribution < 1.29 is 9.21 Å². The summed E-state index contributed by atoms with van der Waals surface area (Å²) in [4.78, 5) is 19.3. The Labute approximate surface area is 129 Å². The van der Waals surface area contributed by atoms with Gasteiger partial charge in [-0.05, 0) is 57.8 Å². The molecule has 3 fully saturated rings. The largest absolute Gasteiger partial charge is 0.460 e. The van der Waals surface area contributed by atoms with Crippen molar-refractivity contribution in [1.82, 2.24) is 15.2 Å². The predicted octanol–water partition coefficient (Wildman–Crippen LogP) is 2.35. The molecule has 2 bridgehead atoms. The highest BCUT2D eigenvalue weighted by molar-refractivity contribution is 5.95. The standard InChI is InChI=1S/C17H21N3O2/c1-10-7-13-8-14(18-9-15(13)22-10)17(21)19-16-11(2)20-5-3-12(16)4-6-20/h7-9,11-12,16H,3-6H2,1-2H3,(H,19,21)/t11-,16+/m1/s1. The van der Waals surface area contributed by atoms with Crippen LogP contribution >= 0.6 is 0 Å². The van der Waals surface area contributed by atoms with Crippen molar-refractivity contribution in [1.29, 1.82) is 0 Å². The molecule has 5 heteroatoms. The Morgan fingerprint density at radius 2 is 2.14 bits per heavy atom. The molecule has 116 valence electrons. The molecule has 5 rings (SSSR count). The number of aryl methyl sites for hydroxylation is 1. The maximum atomic E-state index is 12.6. The summed E-state index contributed by atoms with van der Waals surface area (Å²) in [6.07, 6.45) is 4.00. The first-order chi connectivity index (χ1) is 10.6. The molecule has 3 aliphatic rings. The quantitative estimate of drug-likeness (QED) is 0.925. The van der Waals surface area contributed by atoms with E-state index in [4.69, 9.17) is 4.42 Å². The van der Waals surface area contributed by atoms with Crippen molar-refractivity contribution in [2.24, 2.45) is 5.92 Å². The second kappa shape index (κ2) is 5.09. The normalized spacial score (nSPS) is 30.6. The van der Waals surface area contributed by atoms with E-state index < -0.39 is 0 Å². The lowest BCUT2D eigenvalue weighted by atomic mass is 9.79. The van der Waals surface area contributed by atoms with Gasteiger partial charge in [-0.1, -0.05) is 0 Å². The van der Waals surface area contributed by atoms with E-state index in [1.54, 1.807) is 6.20 Å². The van der Waals surface area contributed by atoms with Crippen molar-refractivity contribution in [3.05, 3.63) is 29.8 Å². The fourth-order valence-electron chi connectivity index (χ4n) is 3.97. The highest BCUT2D eigenvalue weighted by Crippen LogP contribution is 2.32. The lowest BCUT2D eigenvalue weighted by molar-refractivity contribution is 0.0216. The molecule has 1 amide bonds. The maximum Gasteiger partial charge on any atom is 0.270 e. The van der Waals surface area contributed by atoms with Crippen molar-refractivity contribution >= 4 is 16.9 Å². The first kappa shape index (κ1) is 13.8. The number of amides is 1. The van der Waals surface area contributed by atoms with Crippen LogP contribution in [0, 0.1) is 12.8 Å². The number of piperidine rings is 3. The van der Waals surface area contributed by atoms with Gasteiger partial charge in [0.25, 0.3) is 5.91 Å². The number of pyridine rings is 1. The van der Waals surface area contributed by atoms with Crippen LogP contribution in [0.15, 0.2) is 22.7 Å². The molecule has 0 aromatic carbocycles. The number of hydrogen-bond donors (Lipinski definition) is 1. The van der Waals surface area contributed by atoms with Crippen LogP contribution in [0.4, 0.5) is 0 Å². The Morgan fingerprint density at radius 1 is 1.36 bits per heavy atom. The highest BCUT2D eigenvalue weighted by atomic mass is 16.3. The average Bonchev–Trinajstić information content (AvgIpc) is 2.90. The van der Waals surface area contributed by atoms with E-state index in [-0.39, 0.29) is 11.9 Å². The summed E-state index contributed by atoms with van der Waals surface area (Å²) in [5.74, 6) is 1.36. The summed E-state index contributed by atoms with van der Waals surface area (Å²) in [5.41, 5.74) is 1.20. The highest BCUT2D eigenvalue weighted by Gasteiger charge is 2.40.